The molecule has 2 N–H and O–H groups in total. The summed E-state index contributed by atoms with van der Waals surface area (Å²) in [5, 5.41) is 11.7. The number of aliphatic carboxylic acids is 1. The lowest BCUT2D eigenvalue weighted by Crippen LogP contribution is -2.15. The number of rotatable bonds is 8. The molecule has 0 radical (unpaired) electrons. The first-order valence-corrected chi connectivity index (χ1v) is 9.12. The quantitative estimate of drug-likeness (QED) is 0.564. The van der Waals surface area contributed by atoms with Gasteiger partial charge in [-0.2, -0.15) is 0 Å². The number of carboxylic acids is 1. The van der Waals surface area contributed by atoms with Gasteiger partial charge in [0.2, 0.25) is 0 Å². The first-order valence-electron chi connectivity index (χ1n) is 8.74. The topological polar surface area (TPSA) is 84.9 Å². The molecular weight excluding hydrogens is 394 g/mol. The molecule has 29 heavy (non-hydrogen) atoms. The van der Waals surface area contributed by atoms with Crippen LogP contribution in [0.4, 0.5) is 5.69 Å². The molecule has 1 amide bonds. The molecule has 0 atom stereocenters. The molecule has 0 aliphatic rings. The van der Waals surface area contributed by atoms with Crippen LogP contribution >= 0.6 is 11.6 Å². The van der Waals surface area contributed by atoms with Gasteiger partial charge in [-0.3, -0.25) is 4.79 Å². The third-order valence-corrected chi connectivity index (χ3v) is 4.24. The van der Waals surface area contributed by atoms with E-state index in [9.17, 15) is 9.59 Å². The number of hydrogen-bond acceptors (Lipinski definition) is 4. The summed E-state index contributed by atoms with van der Waals surface area (Å²) in [6.07, 6.45) is 0. The summed E-state index contributed by atoms with van der Waals surface area (Å²) >= 11 is 6.10. The van der Waals surface area contributed by atoms with Crippen molar-refractivity contribution in [2.75, 3.05) is 11.9 Å². The smallest absolute Gasteiger partial charge is 0.341 e. The molecule has 0 bridgehead atoms. The van der Waals surface area contributed by atoms with Crippen molar-refractivity contribution >= 4 is 29.2 Å². The van der Waals surface area contributed by atoms with Crippen LogP contribution in [0.2, 0.25) is 5.02 Å². The van der Waals surface area contributed by atoms with E-state index in [2.05, 4.69) is 5.32 Å². The Bertz CT molecular complexity index is 1010. The number of amides is 1. The summed E-state index contributed by atoms with van der Waals surface area (Å²) in [6, 6.07) is 21.1. The van der Waals surface area contributed by atoms with Crippen molar-refractivity contribution in [1.82, 2.24) is 0 Å². The van der Waals surface area contributed by atoms with Crippen LogP contribution in [0.5, 0.6) is 11.5 Å². The van der Waals surface area contributed by atoms with Crippen molar-refractivity contribution < 1.29 is 24.2 Å². The Hall–Kier alpha value is -3.51. The van der Waals surface area contributed by atoms with Crippen molar-refractivity contribution in [3.8, 4) is 11.5 Å². The average Bonchev–Trinajstić information content (AvgIpc) is 2.72. The Morgan fingerprint density at radius 2 is 1.66 bits per heavy atom. The molecule has 0 heterocycles. The number of nitrogens with one attached hydrogen (secondary N) is 1. The molecule has 0 unspecified atom stereocenters. The van der Waals surface area contributed by atoms with Gasteiger partial charge in [0.05, 0.1) is 5.02 Å². The summed E-state index contributed by atoms with van der Waals surface area (Å²) < 4.78 is 10.8. The zero-order valence-electron chi connectivity index (χ0n) is 15.3. The molecular formula is C22H18ClNO5. The van der Waals surface area contributed by atoms with Crippen LogP contribution in [0.1, 0.15) is 15.9 Å². The monoisotopic (exact) mass is 411 g/mol. The fourth-order valence-corrected chi connectivity index (χ4v) is 2.81. The Morgan fingerprint density at radius 3 is 2.38 bits per heavy atom. The van der Waals surface area contributed by atoms with Gasteiger partial charge < -0.3 is 19.9 Å². The molecule has 6 nitrogen and oxygen atoms in total. The number of halogens is 1. The van der Waals surface area contributed by atoms with Gasteiger partial charge in [0, 0.05) is 16.8 Å². The second-order valence-corrected chi connectivity index (χ2v) is 6.45. The first-order chi connectivity index (χ1) is 14.0. The zero-order chi connectivity index (χ0) is 20.6. The number of anilines is 1. The minimum absolute atomic E-state index is 0.199. The molecule has 3 aromatic rings. The molecule has 0 fully saturated rings. The fraction of sp³-hybridized carbons (Fsp3) is 0.0909. The Morgan fingerprint density at radius 1 is 0.931 bits per heavy atom. The molecule has 0 aromatic heterocycles. The van der Waals surface area contributed by atoms with Crippen LogP contribution in [0.15, 0.2) is 72.8 Å². The minimum Gasteiger partial charge on any atom is -0.489 e. The highest BCUT2D eigenvalue weighted by Crippen LogP contribution is 2.28. The number of para-hydroxylation sites is 1. The number of hydrogen-bond donors (Lipinski definition) is 2. The van der Waals surface area contributed by atoms with Crippen molar-refractivity contribution in [3.05, 3.63) is 88.9 Å². The lowest BCUT2D eigenvalue weighted by molar-refractivity contribution is -0.139. The van der Waals surface area contributed by atoms with Crippen LogP contribution in [0.3, 0.4) is 0 Å². The van der Waals surface area contributed by atoms with Gasteiger partial charge in [-0.1, -0.05) is 48.0 Å². The number of carboxylic acid groups (broad SMARTS) is 1. The van der Waals surface area contributed by atoms with Gasteiger partial charge in [-0.15, -0.1) is 0 Å². The highest BCUT2D eigenvalue weighted by Gasteiger charge is 2.13. The third kappa shape index (κ3) is 5.73. The van der Waals surface area contributed by atoms with Crippen molar-refractivity contribution in [2.24, 2.45) is 0 Å². The normalized spacial score (nSPS) is 10.2. The van der Waals surface area contributed by atoms with E-state index in [-0.39, 0.29) is 23.3 Å². The minimum atomic E-state index is -1.10. The summed E-state index contributed by atoms with van der Waals surface area (Å²) in [7, 11) is 0. The lowest BCUT2D eigenvalue weighted by Gasteiger charge is -2.12. The van der Waals surface area contributed by atoms with E-state index in [1.54, 1.807) is 18.2 Å². The Balaban J connectivity index is 1.69. The summed E-state index contributed by atoms with van der Waals surface area (Å²) in [5.41, 5.74) is 1.67. The molecule has 0 aliphatic carbocycles. The Labute approximate surface area is 172 Å². The molecule has 7 heteroatoms. The maximum Gasteiger partial charge on any atom is 0.341 e. The maximum absolute atomic E-state index is 12.7. The molecule has 0 saturated carbocycles. The molecule has 0 aliphatic heterocycles. The van der Waals surface area contributed by atoms with Crippen LogP contribution in [0.25, 0.3) is 0 Å². The number of carbonyl (C=O) groups excluding carboxylic acids is 1. The largest absolute Gasteiger partial charge is 0.489 e. The predicted octanol–water partition coefficient (Wildman–Crippen LogP) is 4.63. The number of carbonyl (C=O) groups is 2. The summed E-state index contributed by atoms with van der Waals surface area (Å²) in [5.74, 6) is -0.476. The SMILES string of the molecule is O=C(O)COc1ccc(NC(=O)c2ccccc2COc2ccccc2)cc1Cl. The summed E-state index contributed by atoms with van der Waals surface area (Å²) in [6.45, 7) is -0.253. The third-order valence-electron chi connectivity index (χ3n) is 3.94. The van der Waals surface area contributed by atoms with Crippen molar-refractivity contribution in [3.63, 3.8) is 0 Å². The number of benzene rings is 3. The molecule has 0 saturated heterocycles. The van der Waals surface area contributed by atoms with Gasteiger partial charge >= 0.3 is 5.97 Å². The highest BCUT2D eigenvalue weighted by molar-refractivity contribution is 6.32. The van der Waals surface area contributed by atoms with Gasteiger partial charge in [0.1, 0.15) is 18.1 Å². The van der Waals surface area contributed by atoms with Crippen LogP contribution in [-0.4, -0.2) is 23.6 Å². The van der Waals surface area contributed by atoms with Crippen molar-refractivity contribution in [2.45, 2.75) is 6.61 Å². The predicted molar refractivity (Wildman–Crippen MR) is 110 cm³/mol. The molecule has 3 aromatic carbocycles. The zero-order valence-corrected chi connectivity index (χ0v) is 16.1. The van der Waals surface area contributed by atoms with E-state index < -0.39 is 12.6 Å². The van der Waals surface area contributed by atoms with Gasteiger partial charge in [0.15, 0.2) is 6.61 Å². The first kappa shape index (κ1) is 20.2. The van der Waals surface area contributed by atoms with Crippen LogP contribution < -0.4 is 14.8 Å². The highest BCUT2D eigenvalue weighted by atomic mass is 35.5. The molecule has 148 valence electrons. The Kier molecular flexibility index (Phi) is 6.71. The van der Waals surface area contributed by atoms with Crippen LogP contribution in [0, 0.1) is 0 Å². The van der Waals surface area contributed by atoms with Crippen molar-refractivity contribution in [1.29, 1.82) is 0 Å². The van der Waals surface area contributed by atoms with Crippen LogP contribution in [-0.2, 0) is 11.4 Å². The van der Waals surface area contributed by atoms with E-state index in [4.69, 9.17) is 26.2 Å². The van der Waals surface area contributed by atoms with E-state index >= 15 is 0 Å². The maximum atomic E-state index is 12.7. The van der Waals surface area contributed by atoms with E-state index in [0.29, 0.717) is 17.0 Å². The molecule has 3 rings (SSSR count). The van der Waals surface area contributed by atoms with E-state index in [1.165, 1.54) is 12.1 Å². The van der Waals surface area contributed by atoms with Gasteiger partial charge in [-0.25, -0.2) is 4.79 Å². The van der Waals surface area contributed by atoms with Gasteiger partial charge in [0.25, 0.3) is 5.91 Å². The second-order valence-electron chi connectivity index (χ2n) is 6.04. The average molecular weight is 412 g/mol. The second kappa shape index (κ2) is 9.61. The fourth-order valence-electron chi connectivity index (χ4n) is 2.58. The van der Waals surface area contributed by atoms with E-state index in [0.717, 1.165) is 5.56 Å². The molecule has 0 spiro atoms. The van der Waals surface area contributed by atoms with Gasteiger partial charge in [-0.05, 0) is 36.4 Å². The van der Waals surface area contributed by atoms with E-state index in [1.807, 2.05) is 42.5 Å². The number of ether oxygens (including phenoxy) is 2. The lowest BCUT2D eigenvalue weighted by atomic mass is 10.1. The summed E-state index contributed by atoms with van der Waals surface area (Å²) in [4.78, 5) is 23.3. The standard InChI is InChI=1S/C22H18ClNO5/c23-19-12-16(10-11-20(19)29-14-21(25)26)24-22(27)18-9-5-4-6-15(18)13-28-17-7-2-1-3-8-17/h1-12H,13-14H2,(H,24,27)(H,25,26).